The van der Waals surface area contributed by atoms with Gasteiger partial charge >= 0.3 is 0 Å². The third-order valence-electron chi connectivity index (χ3n) is 2.66. The van der Waals surface area contributed by atoms with Crippen molar-refractivity contribution in [3.63, 3.8) is 0 Å². The number of hydrogen-bond acceptors (Lipinski definition) is 3. The molecule has 90 valence electrons. The van der Waals surface area contributed by atoms with Gasteiger partial charge in [-0.05, 0) is 18.1 Å². The molecule has 0 aliphatic heterocycles. The van der Waals surface area contributed by atoms with Crippen LogP contribution in [0.1, 0.15) is 25.8 Å². The smallest absolute Gasteiger partial charge is 0.128 e. The first-order valence-corrected chi connectivity index (χ1v) is 5.61. The van der Waals surface area contributed by atoms with Crippen LogP contribution in [-0.4, -0.2) is 18.8 Å². The molecule has 0 fully saturated rings. The monoisotopic (exact) mass is 224 g/mol. The first-order valence-electron chi connectivity index (χ1n) is 5.61. The van der Waals surface area contributed by atoms with Gasteiger partial charge in [0.1, 0.15) is 11.5 Å². The highest BCUT2D eigenvalue weighted by molar-refractivity contribution is 5.40. The number of hydrogen-bond donors (Lipinski definition) is 1. The van der Waals surface area contributed by atoms with Gasteiger partial charge in [-0.15, -0.1) is 0 Å². The highest BCUT2D eigenvalue weighted by atomic mass is 16.5. The van der Waals surface area contributed by atoms with Crippen molar-refractivity contribution >= 4 is 0 Å². The van der Waals surface area contributed by atoms with E-state index in [1.165, 1.54) is 0 Å². The van der Waals surface area contributed by atoms with Crippen molar-refractivity contribution in [2.75, 3.05) is 13.7 Å². The molecule has 1 N–H and O–H groups in total. The minimum atomic E-state index is -0.0141. The Bertz CT molecular complexity index is 323. The van der Waals surface area contributed by atoms with Crippen molar-refractivity contribution in [2.45, 2.75) is 26.9 Å². The molecule has 0 bridgehead atoms. The van der Waals surface area contributed by atoms with Gasteiger partial charge in [-0.1, -0.05) is 20.3 Å². The molecule has 3 nitrogen and oxygen atoms in total. The van der Waals surface area contributed by atoms with Gasteiger partial charge < -0.3 is 14.6 Å². The number of aliphatic hydroxyl groups excluding tert-OH is 1. The van der Waals surface area contributed by atoms with E-state index in [2.05, 4.69) is 13.8 Å². The first-order chi connectivity index (χ1) is 7.71. The van der Waals surface area contributed by atoms with Gasteiger partial charge in [-0.2, -0.15) is 0 Å². The van der Waals surface area contributed by atoms with Crippen molar-refractivity contribution in [3.8, 4) is 11.5 Å². The minimum absolute atomic E-state index is 0.0141. The summed E-state index contributed by atoms with van der Waals surface area (Å²) in [5.74, 6) is 1.97. The summed E-state index contributed by atoms with van der Waals surface area (Å²) < 4.78 is 10.8. The fourth-order valence-corrected chi connectivity index (χ4v) is 1.28. The summed E-state index contributed by atoms with van der Waals surface area (Å²) >= 11 is 0. The first kappa shape index (κ1) is 12.8. The topological polar surface area (TPSA) is 38.7 Å². The van der Waals surface area contributed by atoms with Crippen molar-refractivity contribution in [1.29, 1.82) is 0 Å². The van der Waals surface area contributed by atoms with Crippen LogP contribution in [0.5, 0.6) is 11.5 Å². The van der Waals surface area contributed by atoms with Crippen LogP contribution in [0.4, 0.5) is 0 Å². The van der Waals surface area contributed by atoms with E-state index in [0.717, 1.165) is 17.7 Å². The maximum atomic E-state index is 9.18. The van der Waals surface area contributed by atoms with Crippen LogP contribution in [0.25, 0.3) is 0 Å². The molecular formula is C13H20O3. The molecule has 3 heteroatoms. The van der Waals surface area contributed by atoms with E-state index in [1.54, 1.807) is 7.11 Å². The fourth-order valence-electron chi connectivity index (χ4n) is 1.28. The molecule has 0 saturated heterocycles. The third-order valence-corrected chi connectivity index (χ3v) is 2.66. The van der Waals surface area contributed by atoms with Gasteiger partial charge in [0.2, 0.25) is 0 Å². The Kier molecular flexibility index (Phi) is 5.12. The van der Waals surface area contributed by atoms with Crippen LogP contribution in [-0.2, 0) is 6.61 Å². The van der Waals surface area contributed by atoms with Gasteiger partial charge in [0, 0.05) is 11.6 Å². The summed E-state index contributed by atoms with van der Waals surface area (Å²) in [5, 5.41) is 9.18. The average Bonchev–Trinajstić information content (AvgIpc) is 2.35. The molecule has 1 unspecified atom stereocenters. The van der Waals surface area contributed by atoms with Crippen LogP contribution in [0.3, 0.4) is 0 Å². The Morgan fingerprint density at radius 3 is 2.69 bits per heavy atom. The van der Waals surface area contributed by atoms with E-state index in [-0.39, 0.29) is 6.61 Å². The van der Waals surface area contributed by atoms with Gasteiger partial charge in [0.25, 0.3) is 0 Å². The Balaban J connectivity index is 2.75. The summed E-state index contributed by atoms with van der Waals surface area (Å²) in [7, 11) is 1.62. The lowest BCUT2D eigenvalue weighted by Gasteiger charge is -2.14. The van der Waals surface area contributed by atoms with Crippen molar-refractivity contribution < 1.29 is 14.6 Å². The number of benzene rings is 1. The lowest BCUT2D eigenvalue weighted by molar-refractivity contribution is 0.236. The van der Waals surface area contributed by atoms with E-state index in [4.69, 9.17) is 9.47 Å². The van der Waals surface area contributed by atoms with Gasteiger partial charge in [-0.3, -0.25) is 0 Å². The van der Waals surface area contributed by atoms with Crippen molar-refractivity contribution in [2.24, 2.45) is 5.92 Å². The number of rotatable bonds is 6. The average molecular weight is 224 g/mol. The summed E-state index contributed by atoms with van der Waals surface area (Å²) in [4.78, 5) is 0. The summed E-state index contributed by atoms with van der Waals surface area (Å²) in [6.07, 6.45) is 1.08. The SMILES string of the molecule is CCC(C)COc1cc(OC)ccc1CO. The van der Waals surface area contributed by atoms with Crippen LogP contribution in [0.2, 0.25) is 0 Å². The van der Waals surface area contributed by atoms with E-state index < -0.39 is 0 Å². The number of methoxy groups -OCH3 is 1. The summed E-state index contributed by atoms with van der Waals surface area (Å²) in [5.41, 5.74) is 0.795. The van der Waals surface area contributed by atoms with Crippen molar-refractivity contribution in [1.82, 2.24) is 0 Å². The van der Waals surface area contributed by atoms with E-state index in [1.807, 2.05) is 18.2 Å². The predicted octanol–water partition coefficient (Wildman–Crippen LogP) is 2.61. The number of ether oxygens (including phenoxy) is 2. The number of aliphatic hydroxyl groups is 1. The second-order valence-electron chi connectivity index (χ2n) is 3.96. The molecule has 1 aromatic rings. The molecule has 0 heterocycles. The van der Waals surface area contributed by atoms with E-state index >= 15 is 0 Å². The van der Waals surface area contributed by atoms with E-state index in [0.29, 0.717) is 18.3 Å². The van der Waals surface area contributed by atoms with Crippen molar-refractivity contribution in [3.05, 3.63) is 23.8 Å². The zero-order valence-electron chi connectivity index (χ0n) is 10.2. The Labute approximate surface area is 97.0 Å². The Morgan fingerprint density at radius 1 is 1.38 bits per heavy atom. The van der Waals surface area contributed by atoms with Gasteiger partial charge in [0.05, 0.1) is 20.3 Å². The van der Waals surface area contributed by atoms with Crippen LogP contribution in [0.15, 0.2) is 18.2 Å². The quantitative estimate of drug-likeness (QED) is 0.807. The lowest BCUT2D eigenvalue weighted by Crippen LogP contribution is -2.08. The standard InChI is InChI=1S/C13H20O3/c1-4-10(2)9-16-13-7-12(15-3)6-5-11(13)8-14/h5-7,10,14H,4,8-9H2,1-3H3. The zero-order chi connectivity index (χ0) is 12.0. The molecule has 0 radical (unpaired) electrons. The summed E-state index contributed by atoms with van der Waals surface area (Å²) in [6, 6.07) is 5.46. The summed E-state index contributed by atoms with van der Waals surface area (Å²) in [6.45, 7) is 4.92. The highest BCUT2D eigenvalue weighted by Crippen LogP contribution is 2.25. The molecule has 1 aromatic carbocycles. The maximum absolute atomic E-state index is 9.18. The molecular weight excluding hydrogens is 204 g/mol. The molecule has 0 aromatic heterocycles. The maximum Gasteiger partial charge on any atom is 0.128 e. The van der Waals surface area contributed by atoms with Gasteiger partial charge in [-0.25, -0.2) is 0 Å². The Hall–Kier alpha value is -1.22. The second-order valence-corrected chi connectivity index (χ2v) is 3.96. The molecule has 0 saturated carbocycles. The molecule has 0 spiro atoms. The third kappa shape index (κ3) is 3.42. The normalized spacial score (nSPS) is 12.2. The second kappa shape index (κ2) is 6.38. The van der Waals surface area contributed by atoms with Gasteiger partial charge in [0.15, 0.2) is 0 Å². The molecule has 0 aliphatic carbocycles. The highest BCUT2D eigenvalue weighted by Gasteiger charge is 2.06. The zero-order valence-corrected chi connectivity index (χ0v) is 10.2. The molecule has 1 atom stereocenters. The molecule has 0 aliphatic rings. The predicted molar refractivity (Wildman–Crippen MR) is 63.9 cm³/mol. The van der Waals surface area contributed by atoms with E-state index in [9.17, 15) is 5.11 Å². The minimum Gasteiger partial charge on any atom is -0.497 e. The van der Waals surface area contributed by atoms with Crippen LogP contribution >= 0.6 is 0 Å². The molecule has 0 amide bonds. The molecule has 1 rings (SSSR count). The van der Waals surface area contributed by atoms with Crippen LogP contribution in [0, 0.1) is 5.92 Å². The molecule has 16 heavy (non-hydrogen) atoms. The lowest BCUT2D eigenvalue weighted by atomic mass is 10.1. The fraction of sp³-hybridized carbons (Fsp3) is 0.538. The van der Waals surface area contributed by atoms with Crippen LogP contribution < -0.4 is 9.47 Å². The Morgan fingerprint density at radius 2 is 2.12 bits per heavy atom. The largest absolute Gasteiger partial charge is 0.497 e.